The quantitative estimate of drug-likeness (QED) is 0.493. The first kappa shape index (κ1) is 14.9. The molecule has 1 aromatic carbocycles. The van der Waals surface area contributed by atoms with Crippen LogP contribution in [0.3, 0.4) is 0 Å². The zero-order chi connectivity index (χ0) is 15.7. The predicted molar refractivity (Wildman–Crippen MR) is 83.1 cm³/mol. The molecule has 114 valence electrons. The molecule has 1 aliphatic rings. The van der Waals surface area contributed by atoms with E-state index in [0.717, 1.165) is 9.35 Å². The smallest absolute Gasteiger partial charge is 0.274 e. The van der Waals surface area contributed by atoms with Gasteiger partial charge in [-0.2, -0.15) is 0 Å². The van der Waals surface area contributed by atoms with Crippen LogP contribution in [-0.2, 0) is 5.75 Å². The molecule has 1 aromatic heterocycles. The summed E-state index contributed by atoms with van der Waals surface area (Å²) < 4.78 is 0.801. The molecule has 2 aromatic rings. The highest BCUT2D eigenvalue weighted by molar-refractivity contribution is 8.00. The van der Waals surface area contributed by atoms with Crippen molar-refractivity contribution in [1.29, 1.82) is 0 Å². The fourth-order valence-electron chi connectivity index (χ4n) is 1.92. The summed E-state index contributed by atoms with van der Waals surface area (Å²) in [5.41, 5.74) is 5.71. The van der Waals surface area contributed by atoms with Crippen molar-refractivity contribution in [2.75, 3.05) is 0 Å². The number of amides is 1. The molecule has 0 unspecified atom stereocenters. The van der Waals surface area contributed by atoms with Crippen molar-refractivity contribution < 1.29 is 9.72 Å². The standard InChI is InChI=1S/C13H12N4O3S2/c14-11(18)8-3-4-9(10(5-8)17(19)20)6-21-13-16-15-12(22-13)7-1-2-7/h3-5,7H,1-2,6H2,(H2,14,18). The van der Waals surface area contributed by atoms with Gasteiger partial charge in [-0.1, -0.05) is 29.2 Å². The normalized spacial score (nSPS) is 14.0. The molecule has 0 radical (unpaired) electrons. The van der Waals surface area contributed by atoms with Crippen molar-refractivity contribution in [3.05, 3.63) is 44.4 Å². The summed E-state index contributed by atoms with van der Waals surface area (Å²) in [5, 5.41) is 20.4. The summed E-state index contributed by atoms with van der Waals surface area (Å²) in [6.45, 7) is 0. The van der Waals surface area contributed by atoms with E-state index in [-0.39, 0.29) is 11.3 Å². The number of aromatic nitrogens is 2. The number of nitrogens with zero attached hydrogens (tertiary/aromatic N) is 3. The van der Waals surface area contributed by atoms with Gasteiger partial charge in [-0.15, -0.1) is 10.2 Å². The van der Waals surface area contributed by atoms with Gasteiger partial charge in [0.25, 0.3) is 5.69 Å². The van der Waals surface area contributed by atoms with Crippen LogP contribution in [0.15, 0.2) is 22.5 Å². The van der Waals surface area contributed by atoms with Gasteiger partial charge in [-0.25, -0.2) is 0 Å². The minimum Gasteiger partial charge on any atom is -0.366 e. The molecule has 9 heteroatoms. The second kappa shape index (κ2) is 6.01. The molecule has 0 aliphatic heterocycles. The first-order chi connectivity index (χ1) is 10.5. The lowest BCUT2D eigenvalue weighted by Gasteiger charge is -2.03. The molecule has 2 N–H and O–H groups in total. The molecule has 0 saturated heterocycles. The Bertz CT molecular complexity index is 743. The molecule has 1 amide bonds. The van der Waals surface area contributed by atoms with E-state index in [9.17, 15) is 14.9 Å². The SMILES string of the molecule is NC(=O)c1ccc(CSc2nnc(C3CC3)s2)c([N+](=O)[O-])c1. The van der Waals surface area contributed by atoms with Gasteiger partial charge < -0.3 is 5.73 Å². The molecule has 22 heavy (non-hydrogen) atoms. The number of hydrogen-bond donors (Lipinski definition) is 1. The first-order valence-electron chi connectivity index (χ1n) is 6.58. The van der Waals surface area contributed by atoms with Crippen molar-refractivity contribution in [2.45, 2.75) is 28.9 Å². The Balaban J connectivity index is 1.75. The largest absolute Gasteiger partial charge is 0.366 e. The van der Waals surface area contributed by atoms with Crippen molar-refractivity contribution >= 4 is 34.7 Å². The number of hydrogen-bond acceptors (Lipinski definition) is 7. The lowest BCUT2D eigenvalue weighted by Crippen LogP contribution is -2.11. The third-order valence-corrected chi connectivity index (χ3v) is 5.53. The highest BCUT2D eigenvalue weighted by atomic mass is 32.2. The van der Waals surface area contributed by atoms with Crippen LogP contribution in [0.2, 0.25) is 0 Å². The Kier molecular flexibility index (Phi) is 4.08. The van der Waals surface area contributed by atoms with Crippen LogP contribution in [0.4, 0.5) is 5.69 Å². The average molecular weight is 336 g/mol. The predicted octanol–water partition coefficient (Wildman–Crippen LogP) is 2.71. The van der Waals surface area contributed by atoms with Crippen molar-refractivity contribution in [2.24, 2.45) is 5.73 Å². The number of carbonyl (C=O) groups is 1. The number of rotatable bonds is 6. The number of thioether (sulfide) groups is 1. The highest BCUT2D eigenvalue weighted by Crippen LogP contribution is 2.43. The third kappa shape index (κ3) is 3.25. The molecule has 1 saturated carbocycles. The second-order valence-corrected chi connectivity index (χ2v) is 7.17. The van der Waals surface area contributed by atoms with Crippen LogP contribution >= 0.6 is 23.1 Å². The van der Waals surface area contributed by atoms with E-state index in [1.165, 1.54) is 36.7 Å². The van der Waals surface area contributed by atoms with Gasteiger partial charge in [-0.05, 0) is 18.9 Å². The third-order valence-electron chi connectivity index (χ3n) is 3.27. The lowest BCUT2D eigenvalue weighted by atomic mass is 10.1. The summed E-state index contributed by atoms with van der Waals surface area (Å²) in [4.78, 5) is 21.7. The Morgan fingerprint density at radius 1 is 1.45 bits per heavy atom. The molecule has 1 fully saturated rings. The maximum Gasteiger partial charge on any atom is 0.274 e. The Morgan fingerprint density at radius 3 is 2.86 bits per heavy atom. The summed E-state index contributed by atoms with van der Waals surface area (Å²) in [5.74, 6) is 0.269. The van der Waals surface area contributed by atoms with E-state index in [4.69, 9.17) is 5.73 Å². The van der Waals surface area contributed by atoms with Gasteiger partial charge in [-0.3, -0.25) is 14.9 Å². The van der Waals surface area contributed by atoms with Gasteiger partial charge in [0.2, 0.25) is 5.91 Å². The van der Waals surface area contributed by atoms with E-state index in [2.05, 4.69) is 10.2 Å². The maximum absolute atomic E-state index is 11.1. The van der Waals surface area contributed by atoms with E-state index in [1.54, 1.807) is 17.4 Å². The van der Waals surface area contributed by atoms with Crippen molar-refractivity contribution in [3.63, 3.8) is 0 Å². The van der Waals surface area contributed by atoms with Crippen molar-refractivity contribution in [3.8, 4) is 0 Å². The molecule has 1 heterocycles. The molecule has 1 aliphatic carbocycles. The Hall–Kier alpha value is -2.00. The number of primary amides is 1. The minimum absolute atomic E-state index is 0.101. The molecule has 3 rings (SSSR count). The fourth-order valence-corrected chi connectivity index (χ4v) is 3.96. The molecule has 0 atom stereocenters. The van der Waals surface area contributed by atoms with Gasteiger partial charge >= 0.3 is 0 Å². The van der Waals surface area contributed by atoms with Gasteiger partial charge in [0.1, 0.15) is 5.01 Å². The average Bonchev–Trinajstić information content (AvgIpc) is 3.23. The van der Waals surface area contributed by atoms with Crippen LogP contribution in [0.1, 0.15) is 39.7 Å². The van der Waals surface area contributed by atoms with Crippen LogP contribution in [0, 0.1) is 10.1 Å². The zero-order valence-electron chi connectivity index (χ0n) is 11.4. The zero-order valence-corrected chi connectivity index (χ0v) is 13.0. The molecular formula is C13H12N4O3S2. The monoisotopic (exact) mass is 336 g/mol. The van der Waals surface area contributed by atoms with Crippen LogP contribution in [-0.4, -0.2) is 21.0 Å². The Labute approximate surface area is 134 Å². The first-order valence-corrected chi connectivity index (χ1v) is 8.38. The number of nitrogens with two attached hydrogens (primary N) is 1. The highest BCUT2D eigenvalue weighted by Gasteiger charge is 2.27. The maximum atomic E-state index is 11.1. The molecule has 7 nitrogen and oxygen atoms in total. The number of carbonyl (C=O) groups excluding carboxylic acids is 1. The molecular weight excluding hydrogens is 324 g/mol. The minimum atomic E-state index is -0.680. The number of nitro groups is 1. The van der Waals surface area contributed by atoms with Crippen LogP contribution in [0.25, 0.3) is 0 Å². The van der Waals surface area contributed by atoms with E-state index in [0.29, 0.717) is 17.2 Å². The summed E-state index contributed by atoms with van der Waals surface area (Å²) in [6, 6.07) is 4.28. The topological polar surface area (TPSA) is 112 Å². The van der Waals surface area contributed by atoms with Crippen LogP contribution in [0.5, 0.6) is 0 Å². The number of benzene rings is 1. The van der Waals surface area contributed by atoms with Gasteiger partial charge in [0.15, 0.2) is 4.34 Å². The number of nitro benzene ring substituents is 1. The Morgan fingerprint density at radius 2 is 2.23 bits per heavy atom. The summed E-state index contributed by atoms with van der Waals surface area (Å²) in [6.07, 6.45) is 2.33. The van der Waals surface area contributed by atoms with E-state index >= 15 is 0 Å². The van der Waals surface area contributed by atoms with Gasteiger partial charge in [0, 0.05) is 28.9 Å². The van der Waals surface area contributed by atoms with Gasteiger partial charge in [0.05, 0.1) is 4.92 Å². The van der Waals surface area contributed by atoms with Crippen molar-refractivity contribution in [1.82, 2.24) is 10.2 Å². The van der Waals surface area contributed by atoms with E-state index in [1.807, 2.05) is 0 Å². The summed E-state index contributed by atoms with van der Waals surface area (Å²) in [7, 11) is 0. The molecule has 0 bridgehead atoms. The van der Waals surface area contributed by atoms with E-state index < -0.39 is 10.8 Å². The van der Waals surface area contributed by atoms with Crippen LogP contribution < -0.4 is 5.73 Å². The fraction of sp³-hybridized carbons (Fsp3) is 0.308. The molecule has 0 spiro atoms. The lowest BCUT2D eigenvalue weighted by molar-refractivity contribution is -0.385. The summed E-state index contributed by atoms with van der Waals surface area (Å²) >= 11 is 2.95. The second-order valence-electron chi connectivity index (χ2n) is 4.93.